The molecule has 1 fully saturated rings. The molecule has 0 aromatic carbocycles. The van der Waals surface area contributed by atoms with Crippen LogP contribution in [-0.4, -0.2) is 25.5 Å². The molecule has 3 heteroatoms. The zero-order valence-electron chi connectivity index (χ0n) is 7.97. The highest BCUT2D eigenvalue weighted by atomic mass is 16.1. The third kappa shape index (κ3) is 2.81. The molecule has 12 heavy (non-hydrogen) atoms. The zero-order chi connectivity index (χ0) is 8.97. The summed E-state index contributed by atoms with van der Waals surface area (Å²) in [5, 5.41) is 5.28. The molecule has 70 valence electrons. The summed E-state index contributed by atoms with van der Waals surface area (Å²) in [5.41, 5.74) is 0. The lowest BCUT2D eigenvalue weighted by atomic mass is 10.1. The second-order valence-electron chi connectivity index (χ2n) is 3.87. The second-order valence-corrected chi connectivity index (χ2v) is 3.87. The maximum absolute atomic E-state index is 11.2. The van der Waals surface area contributed by atoms with Gasteiger partial charge in [0.05, 0.1) is 13.1 Å². The Morgan fingerprint density at radius 3 is 2.92 bits per heavy atom. The highest BCUT2D eigenvalue weighted by Crippen LogP contribution is 2.01. The lowest BCUT2D eigenvalue weighted by molar-refractivity contribution is -0.638. The monoisotopic (exact) mass is 171 g/mol. The van der Waals surface area contributed by atoms with E-state index in [4.69, 9.17) is 0 Å². The standard InChI is InChI=1S/C9H18N2O/c1-7(2)9(12)11-6-8-3-4-10-5-8/h7-8,10H,3-6H2,1-2H3,(H,11,12)/p+1/t8-/m0/s1. The van der Waals surface area contributed by atoms with Crippen molar-refractivity contribution < 1.29 is 10.1 Å². The van der Waals surface area contributed by atoms with Gasteiger partial charge in [0, 0.05) is 24.8 Å². The quantitative estimate of drug-likeness (QED) is 0.582. The van der Waals surface area contributed by atoms with E-state index in [1.54, 1.807) is 0 Å². The Morgan fingerprint density at radius 1 is 1.67 bits per heavy atom. The van der Waals surface area contributed by atoms with Crippen LogP contribution in [0.5, 0.6) is 0 Å². The maximum Gasteiger partial charge on any atom is 0.222 e. The van der Waals surface area contributed by atoms with Crippen LogP contribution in [0.15, 0.2) is 0 Å². The van der Waals surface area contributed by atoms with Gasteiger partial charge in [0.15, 0.2) is 0 Å². The molecular formula is C9H19N2O+. The summed E-state index contributed by atoms with van der Waals surface area (Å²) in [6, 6.07) is 0. The van der Waals surface area contributed by atoms with Crippen molar-refractivity contribution in [3.63, 3.8) is 0 Å². The molecule has 1 saturated heterocycles. The van der Waals surface area contributed by atoms with Crippen molar-refractivity contribution in [2.45, 2.75) is 20.3 Å². The van der Waals surface area contributed by atoms with Gasteiger partial charge in [-0.1, -0.05) is 13.8 Å². The van der Waals surface area contributed by atoms with Crippen molar-refractivity contribution in [3.8, 4) is 0 Å². The van der Waals surface area contributed by atoms with E-state index in [0.29, 0.717) is 5.92 Å². The average molecular weight is 171 g/mol. The van der Waals surface area contributed by atoms with Gasteiger partial charge in [0.2, 0.25) is 5.91 Å². The van der Waals surface area contributed by atoms with Crippen LogP contribution in [0.2, 0.25) is 0 Å². The van der Waals surface area contributed by atoms with Crippen LogP contribution in [0.3, 0.4) is 0 Å². The van der Waals surface area contributed by atoms with Crippen molar-refractivity contribution in [2.24, 2.45) is 11.8 Å². The summed E-state index contributed by atoms with van der Waals surface area (Å²) in [5.74, 6) is 1.00. The van der Waals surface area contributed by atoms with E-state index in [9.17, 15) is 4.79 Å². The zero-order valence-corrected chi connectivity index (χ0v) is 7.97. The molecule has 3 nitrogen and oxygen atoms in total. The molecule has 0 aromatic heterocycles. The highest BCUT2D eigenvalue weighted by Gasteiger charge is 2.18. The first kappa shape index (κ1) is 9.52. The molecular weight excluding hydrogens is 152 g/mol. The topological polar surface area (TPSA) is 45.7 Å². The van der Waals surface area contributed by atoms with Crippen LogP contribution in [0.25, 0.3) is 0 Å². The maximum atomic E-state index is 11.2. The van der Waals surface area contributed by atoms with E-state index >= 15 is 0 Å². The summed E-state index contributed by atoms with van der Waals surface area (Å²) in [4.78, 5) is 11.2. The Labute approximate surface area is 73.9 Å². The van der Waals surface area contributed by atoms with Crippen LogP contribution < -0.4 is 10.6 Å². The third-order valence-electron chi connectivity index (χ3n) is 2.37. The molecule has 0 aliphatic carbocycles. The highest BCUT2D eigenvalue weighted by molar-refractivity contribution is 5.77. The smallest absolute Gasteiger partial charge is 0.222 e. The van der Waals surface area contributed by atoms with Gasteiger partial charge in [-0.15, -0.1) is 0 Å². The molecule has 1 amide bonds. The summed E-state index contributed by atoms with van der Waals surface area (Å²) in [6.07, 6.45) is 1.25. The molecule has 0 spiro atoms. The minimum absolute atomic E-state index is 0.121. The Bertz CT molecular complexity index is 151. The first-order chi connectivity index (χ1) is 5.70. The van der Waals surface area contributed by atoms with Gasteiger partial charge in [-0.3, -0.25) is 4.79 Å². The van der Waals surface area contributed by atoms with Crippen LogP contribution in [0, 0.1) is 11.8 Å². The Morgan fingerprint density at radius 2 is 2.42 bits per heavy atom. The number of nitrogens with one attached hydrogen (secondary N) is 1. The van der Waals surface area contributed by atoms with E-state index in [1.165, 1.54) is 19.5 Å². The number of amides is 1. The number of hydrogen-bond acceptors (Lipinski definition) is 1. The molecule has 0 unspecified atom stereocenters. The Kier molecular flexibility index (Phi) is 3.53. The van der Waals surface area contributed by atoms with Gasteiger partial charge in [0.25, 0.3) is 0 Å². The molecule has 0 saturated carbocycles. The van der Waals surface area contributed by atoms with Gasteiger partial charge >= 0.3 is 0 Å². The molecule has 1 aliphatic heterocycles. The predicted octanol–water partition coefficient (Wildman–Crippen LogP) is -0.658. The summed E-state index contributed by atoms with van der Waals surface area (Å²) in [6.45, 7) is 7.13. The van der Waals surface area contributed by atoms with Gasteiger partial charge in [0.1, 0.15) is 0 Å². The third-order valence-corrected chi connectivity index (χ3v) is 2.37. The Hall–Kier alpha value is -0.570. The first-order valence-corrected chi connectivity index (χ1v) is 4.79. The van der Waals surface area contributed by atoms with Gasteiger partial charge < -0.3 is 10.6 Å². The molecule has 1 aliphatic rings. The number of nitrogens with two attached hydrogens (primary N) is 1. The van der Waals surface area contributed by atoms with Crippen LogP contribution in [0.1, 0.15) is 20.3 Å². The van der Waals surface area contributed by atoms with Crippen molar-refractivity contribution in [1.82, 2.24) is 5.32 Å². The largest absolute Gasteiger partial charge is 0.355 e. The van der Waals surface area contributed by atoms with E-state index in [1.807, 2.05) is 13.8 Å². The normalized spacial score (nSPS) is 23.1. The van der Waals surface area contributed by atoms with E-state index in [0.717, 1.165) is 6.54 Å². The molecule has 0 bridgehead atoms. The van der Waals surface area contributed by atoms with Gasteiger partial charge in [-0.2, -0.15) is 0 Å². The minimum atomic E-state index is 0.121. The Balaban J connectivity index is 2.12. The van der Waals surface area contributed by atoms with E-state index in [2.05, 4.69) is 10.6 Å². The summed E-state index contributed by atoms with van der Waals surface area (Å²) in [7, 11) is 0. The molecule has 1 heterocycles. The molecule has 0 radical (unpaired) electrons. The van der Waals surface area contributed by atoms with Crippen LogP contribution >= 0.6 is 0 Å². The van der Waals surface area contributed by atoms with Crippen molar-refractivity contribution in [1.29, 1.82) is 0 Å². The number of rotatable bonds is 3. The second kappa shape index (κ2) is 4.45. The van der Waals surface area contributed by atoms with Crippen LogP contribution in [0.4, 0.5) is 0 Å². The first-order valence-electron chi connectivity index (χ1n) is 4.79. The fraction of sp³-hybridized carbons (Fsp3) is 0.889. The van der Waals surface area contributed by atoms with Gasteiger partial charge in [-0.25, -0.2) is 0 Å². The molecule has 1 rings (SSSR count). The number of carbonyl (C=O) groups excluding carboxylic acids is 1. The van der Waals surface area contributed by atoms with E-state index in [-0.39, 0.29) is 11.8 Å². The average Bonchev–Trinajstić information content (AvgIpc) is 2.51. The summed E-state index contributed by atoms with van der Waals surface area (Å²) < 4.78 is 0. The van der Waals surface area contributed by atoms with E-state index < -0.39 is 0 Å². The van der Waals surface area contributed by atoms with Crippen molar-refractivity contribution in [2.75, 3.05) is 19.6 Å². The summed E-state index contributed by atoms with van der Waals surface area (Å²) >= 11 is 0. The SMILES string of the molecule is CC(C)C(=O)NC[C@H]1CC[NH2+]C1. The van der Waals surface area contributed by atoms with Crippen LogP contribution in [-0.2, 0) is 4.79 Å². The minimum Gasteiger partial charge on any atom is -0.355 e. The molecule has 3 N–H and O–H groups in total. The van der Waals surface area contributed by atoms with Gasteiger partial charge in [-0.05, 0) is 0 Å². The number of quaternary nitrogens is 1. The number of carbonyl (C=O) groups is 1. The molecule has 1 atom stereocenters. The number of hydrogen-bond donors (Lipinski definition) is 2. The van der Waals surface area contributed by atoms with Crippen molar-refractivity contribution >= 4 is 5.91 Å². The molecule has 0 aromatic rings. The fourth-order valence-electron chi connectivity index (χ4n) is 1.46. The fourth-order valence-corrected chi connectivity index (χ4v) is 1.46. The predicted molar refractivity (Wildman–Crippen MR) is 47.6 cm³/mol. The lowest BCUT2D eigenvalue weighted by Crippen LogP contribution is -2.81. The lowest BCUT2D eigenvalue weighted by Gasteiger charge is -2.09. The van der Waals surface area contributed by atoms with Crippen molar-refractivity contribution in [3.05, 3.63) is 0 Å².